The van der Waals surface area contributed by atoms with E-state index < -0.39 is 23.1 Å². The van der Waals surface area contributed by atoms with Crippen molar-refractivity contribution < 1.29 is 27.4 Å². The molecule has 0 spiro atoms. The topological polar surface area (TPSA) is 126 Å². The number of aromatic amines is 1. The highest BCUT2D eigenvalue weighted by molar-refractivity contribution is 7.80. The van der Waals surface area contributed by atoms with E-state index in [1.165, 1.54) is 16.4 Å². The van der Waals surface area contributed by atoms with Crippen LogP contribution in [-0.2, 0) is 29.0 Å². The highest BCUT2D eigenvalue weighted by Gasteiger charge is 2.26. The van der Waals surface area contributed by atoms with Gasteiger partial charge in [-0.3, -0.25) is 13.5 Å². The Bertz CT molecular complexity index is 1660. The first-order chi connectivity index (χ1) is 21.2. The number of rotatable bonds is 11. The van der Waals surface area contributed by atoms with Crippen molar-refractivity contribution in [3.63, 3.8) is 0 Å². The molecule has 1 atom stereocenters. The number of H-pyrrole nitrogens is 1. The second-order valence-corrected chi connectivity index (χ2v) is 12.8. The Morgan fingerprint density at radius 2 is 2.07 bits per heavy atom. The fourth-order valence-electron chi connectivity index (χ4n) is 5.91. The molecule has 4 heterocycles. The zero-order chi connectivity index (χ0) is 30.8. The lowest BCUT2D eigenvalue weighted by Crippen LogP contribution is -2.41. The number of ether oxygens (including phenoxy) is 2. The van der Waals surface area contributed by atoms with Gasteiger partial charge >= 0.3 is 5.97 Å². The minimum atomic E-state index is -2.12. The molecule has 234 valence electrons. The van der Waals surface area contributed by atoms with Gasteiger partial charge in [-0.1, -0.05) is 19.1 Å². The van der Waals surface area contributed by atoms with Crippen LogP contribution in [0.4, 0.5) is 10.1 Å². The largest absolute Gasteiger partial charge is 0.493 e. The minimum absolute atomic E-state index is 0.175. The van der Waals surface area contributed by atoms with Gasteiger partial charge in [0.15, 0.2) is 0 Å². The van der Waals surface area contributed by atoms with Gasteiger partial charge in [0.25, 0.3) is 11.3 Å². The number of fused-ring (bicyclic) bond motifs is 2. The number of anilines is 1. The molecule has 1 unspecified atom stereocenters. The number of piperidine rings is 1. The fourth-order valence-corrected chi connectivity index (χ4v) is 6.45. The van der Waals surface area contributed by atoms with Crippen LogP contribution in [0, 0.1) is 17.7 Å². The molecule has 11 nitrogen and oxygen atoms in total. The van der Waals surface area contributed by atoms with E-state index in [4.69, 9.17) is 9.47 Å². The van der Waals surface area contributed by atoms with E-state index in [9.17, 15) is 17.9 Å². The number of hydrogen-bond acceptors (Lipinski definition) is 7. The molecule has 2 aliphatic rings. The molecule has 2 aromatic heterocycles. The summed E-state index contributed by atoms with van der Waals surface area (Å²) in [5.74, 6) is 0.472. The summed E-state index contributed by atoms with van der Waals surface area (Å²) in [5.41, 5.74) is 3.60. The first-order valence-corrected chi connectivity index (χ1v) is 16.1. The van der Waals surface area contributed by atoms with E-state index >= 15 is 0 Å². The summed E-state index contributed by atoms with van der Waals surface area (Å²) in [6.07, 6.45) is 4.49. The van der Waals surface area contributed by atoms with Gasteiger partial charge in [0.2, 0.25) is 0 Å². The number of nitrogens with zero attached hydrogens (tertiary/aromatic N) is 5. The molecule has 44 heavy (non-hydrogen) atoms. The molecule has 1 saturated heterocycles. The van der Waals surface area contributed by atoms with E-state index in [1.54, 1.807) is 16.9 Å². The van der Waals surface area contributed by atoms with E-state index in [1.807, 2.05) is 32.0 Å². The fraction of sp³-hybridized carbons (Fsp3) is 0.452. The summed E-state index contributed by atoms with van der Waals surface area (Å²) in [7, 11) is 0. The van der Waals surface area contributed by atoms with Gasteiger partial charge in [-0.2, -0.15) is 0 Å². The first-order valence-electron chi connectivity index (χ1n) is 15.0. The van der Waals surface area contributed by atoms with Gasteiger partial charge in [0.1, 0.15) is 23.0 Å². The highest BCUT2D eigenvalue weighted by atomic mass is 32.2. The first kappa shape index (κ1) is 30.2. The van der Waals surface area contributed by atoms with Gasteiger partial charge < -0.3 is 19.4 Å². The normalized spacial score (nSPS) is 16.3. The van der Waals surface area contributed by atoms with Gasteiger partial charge in [-0.05, 0) is 79.7 Å². The molecular formula is C31H37FN6O5S. The highest BCUT2D eigenvalue weighted by Crippen LogP contribution is 2.33. The molecular weight excluding hydrogens is 587 g/mol. The molecule has 1 fully saturated rings. The number of hydrogen-bond donors (Lipinski definition) is 2. The number of carbonyl (C=O) groups excluding carboxylic acids is 1. The Kier molecular flexibility index (Phi) is 8.96. The number of carbonyl (C=O) groups is 1. The third-order valence-corrected chi connectivity index (χ3v) is 9.00. The maximum Gasteiger partial charge on any atom is 0.355 e. The van der Waals surface area contributed by atoms with Crippen LogP contribution in [0.1, 0.15) is 42.7 Å². The second kappa shape index (κ2) is 13.0. The number of aromatic nitrogens is 4. The zero-order valence-corrected chi connectivity index (χ0v) is 25.7. The monoisotopic (exact) mass is 624 g/mol. The maximum atomic E-state index is 14.2. The molecule has 0 radical (unpaired) electrons. The number of esters is 1. The SMILES string of the molecule is CC(C)COC(=O)c1[nH]c2ccc(F)cc2c1-c1cn(CC2CCN(CCN(c3ccc4c(c3)CCO4)S(=O)O)CC2)nn1. The standard InChI is InChI=1S/C31H37FN6O5S/c1-20(2)19-43-31(39)30-29(25-16-23(32)3-5-26(25)33-30)27-18-37(35-34-27)17-21-7-10-36(11-8-21)12-13-38(44(40)41)24-4-6-28-22(15-24)9-14-42-28/h3-6,15-16,18,20-21,33H,7-14,17,19H2,1-2H3,(H,40,41). The van der Waals surface area contributed by atoms with Crippen molar-refractivity contribution in [2.24, 2.45) is 11.8 Å². The average molecular weight is 625 g/mol. The van der Waals surface area contributed by atoms with Gasteiger partial charge in [0, 0.05) is 42.5 Å². The second-order valence-electron chi connectivity index (χ2n) is 11.9. The van der Waals surface area contributed by atoms with Crippen LogP contribution in [0.3, 0.4) is 0 Å². The molecule has 4 aromatic rings. The smallest absolute Gasteiger partial charge is 0.355 e. The molecule has 6 rings (SSSR count). The predicted molar refractivity (Wildman–Crippen MR) is 165 cm³/mol. The van der Waals surface area contributed by atoms with E-state index in [2.05, 4.69) is 20.2 Å². The van der Waals surface area contributed by atoms with E-state index in [0.29, 0.717) is 54.3 Å². The van der Waals surface area contributed by atoms with Crippen LogP contribution in [0.5, 0.6) is 5.75 Å². The van der Waals surface area contributed by atoms with Crippen molar-refractivity contribution in [1.82, 2.24) is 24.9 Å². The molecule has 0 amide bonds. The third kappa shape index (κ3) is 6.64. The summed E-state index contributed by atoms with van der Waals surface area (Å²) < 4.78 is 50.7. The average Bonchev–Trinajstić information content (AvgIpc) is 3.74. The quantitative estimate of drug-likeness (QED) is 0.182. The molecule has 2 aromatic carbocycles. The van der Waals surface area contributed by atoms with Crippen molar-refractivity contribution in [3.05, 3.63) is 59.7 Å². The summed E-state index contributed by atoms with van der Waals surface area (Å²) in [4.78, 5) is 18.4. The lowest BCUT2D eigenvalue weighted by Gasteiger charge is -2.33. The van der Waals surface area contributed by atoms with Crippen LogP contribution < -0.4 is 9.04 Å². The molecule has 2 N–H and O–H groups in total. The maximum absolute atomic E-state index is 14.2. The predicted octanol–water partition coefficient (Wildman–Crippen LogP) is 4.67. The van der Waals surface area contributed by atoms with Crippen LogP contribution in [0.25, 0.3) is 22.2 Å². The molecule has 0 saturated carbocycles. The lowest BCUT2D eigenvalue weighted by atomic mass is 9.97. The van der Waals surface area contributed by atoms with E-state index in [0.717, 1.165) is 49.4 Å². The van der Waals surface area contributed by atoms with Gasteiger partial charge in [-0.25, -0.2) is 13.4 Å². The Morgan fingerprint density at radius 1 is 1.25 bits per heavy atom. The Labute approximate surface area is 257 Å². The van der Waals surface area contributed by atoms with Crippen molar-refractivity contribution in [3.8, 4) is 17.0 Å². The summed E-state index contributed by atoms with van der Waals surface area (Å²) in [6.45, 7) is 8.34. The minimum Gasteiger partial charge on any atom is -0.493 e. The Morgan fingerprint density at radius 3 is 2.84 bits per heavy atom. The van der Waals surface area contributed by atoms with Crippen LogP contribution >= 0.6 is 0 Å². The lowest BCUT2D eigenvalue weighted by molar-refractivity contribution is 0.0454. The number of halogens is 1. The van der Waals surface area contributed by atoms with Gasteiger partial charge in [-0.15, -0.1) is 5.10 Å². The number of likely N-dealkylation sites (tertiary alicyclic amines) is 1. The summed E-state index contributed by atoms with van der Waals surface area (Å²) in [6, 6.07) is 9.98. The van der Waals surface area contributed by atoms with Crippen molar-refractivity contribution in [2.75, 3.05) is 43.7 Å². The van der Waals surface area contributed by atoms with Crippen LogP contribution in [-0.4, -0.2) is 79.0 Å². The molecule has 13 heteroatoms. The summed E-state index contributed by atoms with van der Waals surface area (Å²) >= 11 is -2.12. The number of nitrogens with one attached hydrogen (secondary N) is 1. The Hall–Kier alpha value is -3.81. The van der Waals surface area contributed by atoms with Crippen molar-refractivity contribution in [2.45, 2.75) is 39.7 Å². The van der Waals surface area contributed by atoms with Crippen molar-refractivity contribution in [1.29, 1.82) is 0 Å². The summed E-state index contributed by atoms with van der Waals surface area (Å²) in [5, 5.41) is 9.25. The molecule has 0 aliphatic carbocycles. The number of benzene rings is 2. The van der Waals surface area contributed by atoms with Crippen LogP contribution in [0.15, 0.2) is 42.6 Å². The van der Waals surface area contributed by atoms with Gasteiger partial charge in [0.05, 0.1) is 25.1 Å². The van der Waals surface area contributed by atoms with Crippen LogP contribution in [0.2, 0.25) is 0 Å². The van der Waals surface area contributed by atoms with Crippen molar-refractivity contribution >= 4 is 33.8 Å². The third-order valence-electron chi connectivity index (χ3n) is 8.23. The molecule has 2 aliphatic heterocycles. The van der Waals surface area contributed by atoms with E-state index in [-0.39, 0.29) is 18.2 Å². The molecule has 0 bridgehead atoms. The zero-order valence-electron chi connectivity index (χ0n) is 24.9. The Balaban J connectivity index is 1.08.